The Hall–Kier alpha value is -1.26. The van der Waals surface area contributed by atoms with Crippen LogP contribution in [-0.4, -0.2) is 43.6 Å². The molecule has 0 radical (unpaired) electrons. The van der Waals surface area contributed by atoms with Crippen LogP contribution in [0.25, 0.3) is 0 Å². The zero-order valence-electron chi connectivity index (χ0n) is 12.8. The molecule has 1 aromatic carbocycles. The van der Waals surface area contributed by atoms with Crippen molar-refractivity contribution in [2.45, 2.75) is 26.2 Å². The molecule has 1 aromatic rings. The number of carbonyl (C=O) groups is 1. The summed E-state index contributed by atoms with van der Waals surface area (Å²) in [5.74, 6) is 1.31. The molecule has 1 aliphatic heterocycles. The van der Waals surface area contributed by atoms with Crippen molar-refractivity contribution in [3.05, 3.63) is 29.8 Å². The predicted molar refractivity (Wildman–Crippen MR) is 87.3 cm³/mol. The van der Waals surface area contributed by atoms with Crippen molar-refractivity contribution >= 4 is 18.3 Å². The second-order valence-corrected chi connectivity index (χ2v) is 5.50. The lowest BCUT2D eigenvalue weighted by Gasteiger charge is -2.20. The highest BCUT2D eigenvalue weighted by Crippen LogP contribution is 2.20. The Bertz CT molecular complexity index is 444. The lowest BCUT2D eigenvalue weighted by molar-refractivity contribution is -0.133. The Morgan fingerprint density at radius 1 is 1.33 bits per heavy atom. The number of carbonyl (C=O) groups excluding carboxylic acids is 1. The third kappa shape index (κ3) is 5.56. The van der Waals surface area contributed by atoms with Crippen LogP contribution in [0.3, 0.4) is 0 Å². The van der Waals surface area contributed by atoms with Crippen molar-refractivity contribution in [1.29, 1.82) is 0 Å². The molecule has 0 atom stereocenters. The van der Waals surface area contributed by atoms with Gasteiger partial charge in [0, 0.05) is 19.6 Å². The number of nitrogens with one attached hydrogen (secondary N) is 1. The summed E-state index contributed by atoms with van der Waals surface area (Å²) in [6, 6.07) is 7.98. The molecule has 4 nitrogen and oxygen atoms in total. The summed E-state index contributed by atoms with van der Waals surface area (Å²) < 4.78 is 5.64. The number of hydrogen-bond acceptors (Lipinski definition) is 3. The van der Waals surface area contributed by atoms with Crippen molar-refractivity contribution < 1.29 is 9.53 Å². The summed E-state index contributed by atoms with van der Waals surface area (Å²) in [6.45, 7) is 7.87. The zero-order chi connectivity index (χ0) is 14.4. The summed E-state index contributed by atoms with van der Waals surface area (Å²) >= 11 is 0. The fourth-order valence-electron chi connectivity index (χ4n) is 2.29. The van der Waals surface area contributed by atoms with Crippen LogP contribution >= 0.6 is 12.4 Å². The SMILES string of the molecule is CC(C)c1cccc(OCC(=O)N2CCCNCC2)c1.Cl. The first-order valence-corrected chi connectivity index (χ1v) is 7.38. The quantitative estimate of drug-likeness (QED) is 0.928. The van der Waals surface area contributed by atoms with Crippen molar-refractivity contribution in [3.8, 4) is 5.75 Å². The number of halogens is 1. The molecule has 0 unspecified atom stereocenters. The monoisotopic (exact) mass is 312 g/mol. The minimum atomic E-state index is 0. The van der Waals surface area contributed by atoms with E-state index in [9.17, 15) is 4.79 Å². The van der Waals surface area contributed by atoms with Gasteiger partial charge in [0.2, 0.25) is 0 Å². The molecule has 0 bridgehead atoms. The number of amides is 1. The van der Waals surface area contributed by atoms with E-state index in [1.807, 2.05) is 23.1 Å². The first-order chi connectivity index (χ1) is 9.66. The summed E-state index contributed by atoms with van der Waals surface area (Å²) in [6.07, 6.45) is 1.01. The third-order valence-electron chi connectivity index (χ3n) is 3.58. The number of ether oxygens (including phenoxy) is 1. The van der Waals surface area contributed by atoms with Gasteiger partial charge in [-0.15, -0.1) is 12.4 Å². The van der Waals surface area contributed by atoms with Crippen molar-refractivity contribution in [2.24, 2.45) is 0 Å². The van der Waals surface area contributed by atoms with Gasteiger partial charge >= 0.3 is 0 Å². The maximum Gasteiger partial charge on any atom is 0.260 e. The molecule has 1 N–H and O–H groups in total. The molecule has 2 rings (SSSR count). The average molecular weight is 313 g/mol. The summed E-state index contributed by atoms with van der Waals surface area (Å²) in [5, 5.41) is 3.29. The van der Waals surface area contributed by atoms with E-state index < -0.39 is 0 Å². The van der Waals surface area contributed by atoms with Gasteiger partial charge in [0.05, 0.1) is 0 Å². The number of hydrogen-bond donors (Lipinski definition) is 1. The minimum Gasteiger partial charge on any atom is -0.484 e. The van der Waals surface area contributed by atoms with E-state index in [1.54, 1.807) is 0 Å². The second-order valence-electron chi connectivity index (χ2n) is 5.50. The van der Waals surface area contributed by atoms with Crippen LogP contribution in [0.1, 0.15) is 31.7 Å². The number of rotatable bonds is 4. The van der Waals surface area contributed by atoms with Gasteiger partial charge in [-0.2, -0.15) is 0 Å². The van der Waals surface area contributed by atoms with Gasteiger partial charge in [0.15, 0.2) is 6.61 Å². The lowest BCUT2D eigenvalue weighted by atomic mass is 10.0. The van der Waals surface area contributed by atoms with E-state index in [0.29, 0.717) is 5.92 Å². The lowest BCUT2D eigenvalue weighted by Crippen LogP contribution is -2.37. The molecule has 0 aliphatic carbocycles. The van der Waals surface area contributed by atoms with Crippen molar-refractivity contribution in [3.63, 3.8) is 0 Å². The molecule has 1 heterocycles. The van der Waals surface area contributed by atoms with Crippen molar-refractivity contribution in [1.82, 2.24) is 10.2 Å². The highest BCUT2D eigenvalue weighted by molar-refractivity contribution is 5.85. The van der Waals surface area contributed by atoms with E-state index >= 15 is 0 Å². The second kappa shape index (κ2) is 8.90. The Kier molecular flexibility index (Phi) is 7.54. The Balaban J connectivity index is 0.00000220. The summed E-state index contributed by atoms with van der Waals surface area (Å²) in [7, 11) is 0. The molecule has 0 saturated carbocycles. The topological polar surface area (TPSA) is 41.6 Å². The number of nitrogens with zero attached hydrogens (tertiary/aromatic N) is 1. The highest BCUT2D eigenvalue weighted by atomic mass is 35.5. The van der Waals surface area contributed by atoms with E-state index in [0.717, 1.165) is 38.3 Å². The zero-order valence-corrected chi connectivity index (χ0v) is 13.6. The van der Waals surface area contributed by atoms with Crippen LogP contribution in [0, 0.1) is 0 Å². The Morgan fingerprint density at radius 2 is 2.14 bits per heavy atom. The summed E-state index contributed by atoms with van der Waals surface area (Å²) in [5.41, 5.74) is 1.23. The van der Waals surface area contributed by atoms with Crippen LogP contribution < -0.4 is 10.1 Å². The van der Waals surface area contributed by atoms with Gasteiger partial charge in [-0.3, -0.25) is 4.79 Å². The van der Waals surface area contributed by atoms with Crippen LogP contribution in [0.2, 0.25) is 0 Å². The largest absolute Gasteiger partial charge is 0.484 e. The fraction of sp³-hybridized carbons (Fsp3) is 0.562. The van der Waals surface area contributed by atoms with Gasteiger partial charge < -0.3 is 15.0 Å². The normalized spacial score (nSPS) is 15.3. The molecule has 1 aliphatic rings. The molecule has 1 fully saturated rings. The van der Waals surface area contributed by atoms with Gasteiger partial charge in [-0.05, 0) is 36.6 Å². The van der Waals surface area contributed by atoms with Gasteiger partial charge in [-0.25, -0.2) is 0 Å². The molecule has 0 spiro atoms. The van der Waals surface area contributed by atoms with E-state index in [1.165, 1.54) is 5.56 Å². The van der Waals surface area contributed by atoms with Gasteiger partial charge in [-0.1, -0.05) is 26.0 Å². The van der Waals surface area contributed by atoms with Crippen LogP contribution in [0.15, 0.2) is 24.3 Å². The Labute approximate surface area is 133 Å². The smallest absolute Gasteiger partial charge is 0.260 e. The maximum absolute atomic E-state index is 12.1. The van der Waals surface area contributed by atoms with Crippen molar-refractivity contribution in [2.75, 3.05) is 32.8 Å². The first kappa shape index (κ1) is 17.8. The standard InChI is InChI=1S/C16H24N2O2.ClH/c1-13(2)14-5-3-6-15(11-14)20-12-16(19)18-9-4-7-17-8-10-18;/h3,5-6,11,13,17H,4,7-10,12H2,1-2H3;1H. The Morgan fingerprint density at radius 3 is 2.90 bits per heavy atom. The minimum absolute atomic E-state index is 0. The number of benzene rings is 1. The maximum atomic E-state index is 12.1. The molecule has 21 heavy (non-hydrogen) atoms. The van der Waals surface area contributed by atoms with Gasteiger partial charge in [0.25, 0.3) is 5.91 Å². The van der Waals surface area contributed by atoms with E-state index in [-0.39, 0.29) is 24.9 Å². The predicted octanol–water partition coefficient (Wildman–Crippen LogP) is 2.43. The molecule has 118 valence electrons. The molecule has 0 aromatic heterocycles. The molecule has 1 amide bonds. The fourth-order valence-corrected chi connectivity index (χ4v) is 2.29. The van der Waals surface area contributed by atoms with Gasteiger partial charge in [0.1, 0.15) is 5.75 Å². The molecular weight excluding hydrogens is 288 g/mol. The van der Waals surface area contributed by atoms with E-state index in [4.69, 9.17) is 4.74 Å². The van der Waals surface area contributed by atoms with Crippen LogP contribution in [0.4, 0.5) is 0 Å². The molecular formula is C16H25ClN2O2. The highest BCUT2D eigenvalue weighted by Gasteiger charge is 2.15. The van der Waals surface area contributed by atoms with E-state index in [2.05, 4.69) is 25.2 Å². The average Bonchev–Trinajstić information content (AvgIpc) is 2.74. The summed E-state index contributed by atoms with van der Waals surface area (Å²) in [4.78, 5) is 14.0. The molecule has 1 saturated heterocycles. The van der Waals surface area contributed by atoms with Crippen LogP contribution in [0.5, 0.6) is 5.75 Å². The van der Waals surface area contributed by atoms with Crippen LogP contribution in [-0.2, 0) is 4.79 Å². The third-order valence-corrected chi connectivity index (χ3v) is 3.58. The molecule has 5 heteroatoms. The first-order valence-electron chi connectivity index (χ1n) is 7.38.